The summed E-state index contributed by atoms with van der Waals surface area (Å²) in [7, 11) is 0. The van der Waals surface area contributed by atoms with Crippen LogP contribution in [0.15, 0.2) is 10.2 Å². The molecule has 7 nitrogen and oxygen atoms in total. The maximum absolute atomic E-state index is 11.9. The number of carbonyl (C=O) groups is 2. The first-order valence-corrected chi connectivity index (χ1v) is 7.07. The van der Waals surface area contributed by atoms with Gasteiger partial charge in [0.2, 0.25) is 5.91 Å². The average molecular weight is 279 g/mol. The molecule has 3 N–H and O–H groups in total. The fourth-order valence-corrected chi connectivity index (χ4v) is 2.37. The van der Waals surface area contributed by atoms with Gasteiger partial charge >= 0.3 is 0 Å². The lowest BCUT2D eigenvalue weighted by atomic mass is 10.0. The minimum Gasteiger partial charge on any atom is -0.348 e. The van der Waals surface area contributed by atoms with E-state index in [4.69, 9.17) is 5.73 Å². The highest BCUT2D eigenvalue weighted by Crippen LogP contribution is 2.12. The molecule has 0 aromatic carbocycles. The van der Waals surface area contributed by atoms with E-state index in [9.17, 15) is 9.59 Å². The van der Waals surface area contributed by atoms with E-state index < -0.39 is 0 Å². The Labute approximate surface area is 118 Å². The van der Waals surface area contributed by atoms with Crippen molar-refractivity contribution in [1.29, 1.82) is 0 Å². The van der Waals surface area contributed by atoms with E-state index in [1.54, 1.807) is 6.21 Å². The lowest BCUT2D eigenvalue weighted by Gasteiger charge is -2.32. The smallest absolute Gasteiger partial charge is 0.268 e. The molecule has 0 unspecified atom stereocenters. The SMILES string of the molecule is NCCCC(=O)N1CCC(NC(=O)C2=NN=CC2)CC1. The molecule has 0 aromatic rings. The molecule has 0 atom stereocenters. The molecule has 2 rings (SSSR count). The maximum Gasteiger partial charge on any atom is 0.268 e. The van der Waals surface area contributed by atoms with Gasteiger partial charge in [0.15, 0.2) is 0 Å². The Balaban J connectivity index is 1.71. The van der Waals surface area contributed by atoms with Crippen LogP contribution in [-0.4, -0.2) is 54.3 Å². The van der Waals surface area contributed by atoms with Crippen LogP contribution in [0, 0.1) is 0 Å². The third kappa shape index (κ3) is 3.86. The molecule has 2 aliphatic heterocycles. The minimum absolute atomic E-state index is 0.115. The number of amides is 2. The zero-order valence-corrected chi connectivity index (χ0v) is 11.5. The second-order valence-electron chi connectivity index (χ2n) is 5.07. The number of nitrogens with zero attached hydrogens (tertiary/aromatic N) is 3. The van der Waals surface area contributed by atoms with Gasteiger partial charge < -0.3 is 16.0 Å². The van der Waals surface area contributed by atoms with Gasteiger partial charge in [-0.2, -0.15) is 5.10 Å². The number of carbonyl (C=O) groups excluding carboxylic acids is 2. The zero-order valence-electron chi connectivity index (χ0n) is 11.5. The van der Waals surface area contributed by atoms with Crippen LogP contribution in [0.1, 0.15) is 32.1 Å². The summed E-state index contributed by atoms with van der Waals surface area (Å²) in [6.07, 6.45) is 4.94. The number of piperidine rings is 1. The van der Waals surface area contributed by atoms with Gasteiger partial charge in [-0.05, 0) is 25.8 Å². The van der Waals surface area contributed by atoms with Crippen LogP contribution in [0.5, 0.6) is 0 Å². The zero-order chi connectivity index (χ0) is 14.4. The summed E-state index contributed by atoms with van der Waals surface area (Å²) in [5.74, 6) is 0.0178. The minimum atomic E-state index is -0.143. The topological polar surface area (TPSA) is 100 Å². The Kier molecular flexibility index (Phi) is 5.23. The second-order valence-corrected chi connectivity index (χ2v) is 5.07. The molecule has 0 saturated carbocycles. The molecule has 0 aliphatic carbocycles. The molecule has 2 aliphatic rings. The number of hydrogen-bond donors (Lipinski definition) is 2. The lowest BCUT2D eigenvalue weighted by Crippen LogP contribution is -2.48. The van der Waals surface area contributed by atoms with Gasteiger partial charge in [-0.3, -0.25) is 9.59 Å². The van der Waals surface area contributed by atoms with Gasteiger partial charge in [0.1, 0.15) is 5.71 Å². The van der Waals surface area contributed by atoms with E-state index in [0.717, 1.165) is 19.3 Å². The molecule has 0 bridgehead atoms. The normalized spacial score (nSPS) is 19.1. The quantitative estimate of drug-likeness (QED) is 0.720. The van der Waals surface area contributed by atoms with Crippen molar-refractivity contribution in [3.63, 3.8) is 0 Å². The molecule has 110 valence electrons. The van der Waals surface area contributed by atoms with E-state index in [-0.39, 0.29) is 17.9 Å². The van der Waals surface area contributed by atoms with Crippen LogP contribution < -0.4 is 11.1 Å². The first kappa shape index (κ1) is 14.6. The summed E-state index contributed by atoms with van der Waals surface area (Å²) >= 11 is 0. The first-order chi connectivity index (χ1) is 9.70. The molecular formula is C13H21N5O2. The third-order valence-electron chi connectivity index (χ3n) is 3.58. The highest BCUT2D eigenvalue weighted by atomic mass is 16.2. The van der Waals surface area contributed by atoms with Gasteiger partial charge in [0.05, 0.1) is 0 Å². The average Bonchev–Trinajstić information content (AvgIpc) is 3.00. The Bertz CT molecular complexity index is 424. The van der Waals surface area contributed by atoms with Gasteiger partial charge in [0.25, 0.3) is 5.91 Å². The van der Waals surface area contributed by atoms with Crippen LogP contribution in [0.3, 0.4) is 0 Å². The summed E-state index contributed by atoms with van der Waals surface area (Å²) in [5.41, 5.74) is 5.87. The number of nitrogens with two attached hydrogens (primary N) is 1. The van der Waals surface area contributed by atoms with Crippen LogP contribution in [0.4, 0.5) is 0 Å². The molecule has 0 aromatic heterocycles. The number of nitrogens with one attached hydrogen (secondary N) is 1. The molecule has 0 radical (unpaired) electrons. The molecule has 7 heteroatoms. The standard InChI is InChI=1S/C13H21N5O2/c14-6-1-2-12(19)18-8-4-10(5-9-18)16-13(20)11-3-7-15-17-11/h7,10H,1-6,8-9,14H2,(H,16,20). The summed E-state index contributed by atoms with van der Waals surface area (Å²) in [6.45, 7) is 1.93. The summed E-state index contributed by atoms with van der Waals surface area (Å²) in [5, 5.41) is 10.4. The highest BCUT2D eigenvalue weighted by Gasteiger charge is 2.25. The van der Waals surface area contributed by atoms with Crippen LogP contribution in [0.2, 0.25) is 0 Å². The number of rotatable bonds is 5. The Morgan fingerprint density at radius 1 is 1.40 bits per heavy atom. The summed E-state index contributed by atoms with van der Waals surface area (Å²) in [6, 6.07) is 0.115. The van der Waals surface area contributed by atoms with Crippen molar-refractivity contribution in [1.82, 2.24) is 10.2 Å². The molecule has 2 heterocycles. The van der Waals surface area contributed by atoms with Crippen molar-refractivity contribution in [2.45, 2.75) is 38.1 Å². The lowest BCUT2D eigenvalue weighted by molar-refractivity contribution is -0.132. The van der Waals surface area contributed by atoms with Gasteiger partial charge in [-0.25, -0.2) is 0 Å². The predicted molar refractivity (Wildman–Crippen MR) is 76.6 cm³/mol. The molecule has 20 heavy (non-hydrogen) atoms. The van der Waals surface area contributed by atoms with Crippen molar-refractivity contribution in [2.75, 3.05) is 19.6 Å². The molecule has 1 saturated heterocycles. The molecular weight excluding hydrogens is 258 g/mol. The maximum atomic E-state index is 11.9. The van der Waals surface area contributed by atoms with Gasteiger partial charge in [-0.15, -0.1) is 5.10 Å². The van der Waals surface area contributed by atoms with Crippen LogP contribution in [-0.2, 0) is 9.59 Å². The Hall–Kier alpha value is -1.76. The van der Waals surface area contributed by atoms with E-state index >= 15 is 0 Å². The first-order valence-electron chi connectivity index (χ1n) is 7.07. The Morgan fingerprint density at radius 2 is 2.15 bits per heavy atom. The Morgan fingerprint density at radius 3 is 2.75 bits per heavy atom. The molecule has 2 amide bonds. The largest absolute Gasteiger partial charge is 0.348 e. The second kappa shape index (κ2) is 7.14. The molecule has 1 fully saturated rings. The van der Waals surface area contributed by atoms with Crippen LogP contribution >= 0.6 is 0 Å². The fraction of sp³-hybridized carbons (Fsp3) is 0.692. The number of hydrogen-bond acceptors (Lipinski definition) is 5. The fourth-order valence-electron chi connectivity index (χ4n) is 2.37. The van der Waals surface area contributed by atoms with Crippen molar-refractivity contribution in [3.05, 3.63) is 0 Å². The summed E-state index contributed by atoms with van der Waals surface area (Å²) in [4.78, 5) is 25.6. The van der Waals surface area contributed by atoms with Crippen molar-refractivity contribution in [2.24, 2.45) is 15.9 Å². The van der Waals surface area contributed by atoms with Gasteiger partial charge in [0, 0.05) is 38.2 Å². The van der Waals surface area contributed by atoms with Crippen molar-refractivity contribution in [3.8, 4) is 0 Å². The van der Waals surface area contributed by atoms with Crippen molar-refractivity contribution >= 4 is 23.7 Å². The van der Waals surface area contributed by atoms with E-state index in [0.29, 0.717) is 38.2 Å². The highest BCUT2D eigenvalue weighted by molar-refractivity contribution is 6.41. The van der Waals surface area contributed by atoms with E-state index in [2.05, 4.69) is 15.5 Å². The van der Waals surface area contributed by atoms with Crippen LogP contribution in [0.25, 0.3) is 0 Å². The molecule has 0 spiro atoms. The van der Waals surface area contributed by atoms with Crippen molar-refractivity contribution < 1.29 is 9.59 Å². The third-order valence-corrected chi connectivity index (χ3v) is 3.58. The van der Waals surface area contributed by atoms with E-state index in [1.807, 2.05) is 4.90 Å². The van der Waals surface area contributed by atoms with Gasteiger partial charge in [-0.1, -0.05) is 0 Å². The monoisotopic (exact) mass is 279 g/mol. The summed E-state index contributed by atoms with van der Waals surface area (Å²) < 4.78 is 0. The predicted octanol–water partition coefficient (Wildman–Crippen LogP) is -0.337. The van der Waals surface area contributed by atoms with E-state index in [1.165, 1.54) is 0 Å². The number of likely N-dealkylation sites (tertiary alicyclic amines) is 1.